The molecule has 110 valence electrons. The summed E-state index contributed by atoms with van der Waals surface area (Å²) in [7, 11) is 4.01. The maximum Gasteiger partial charge on any atom is 0.317 e. The minimum Gasteiger partial charge on any atom is -0.368 e. The molecule has 0 aromatic heterocycles. The van der Waals surface area contributed by atoms with Gasteiger partial charge in [0.2, 0.25) is 0 Å². The Hall–Kier alpha value is -1.75. The van der Waals surface area contributed by atoms with Crippen LogP contribution in [-0.2, 0) is 0 Å². The molecule has 0 saturated carbocycles. The van der Waals surface area contributed by atoms with Crippen molar-refractivity contribution in [2.45, 2.75) is 0 Å². The monoisotopic (exact) mass is 276 g/mol. The number of benzene rings is 1. The average Bonchev–Trinajstić information content (AvgIpc) is 2.48. The fraction of sp³-hybridized carbons (Fsp3) is 0.533. The van der Waals surface area contributed by atoms with Crippen LogP contribution in [0.2, 0.25) is 0 Å². The molecule has 0 radical (unpaired) electrons. The number of amides is 2. The number of anilines is 1. The number of likely N-dealkylation sites (N-methyl/N-ethyl adjacent to an activating group) is 1. The van der Waals surface area contributed by atoms with Gasteiger partial charge in [0.1, 0.15) is 0 Å². The Morgan fingerprint density at radius 3 is 2.40 bits per heavy atom. The largest absolute Gasteiger partial charge is 0.368 e. The molecule has 1 heterocycles. The van der Waals surface area contributed by atoms with Gasteiger partial charge in [-0.05, 0) is 26.2 Å². The summed E-state index contributed by atoms with van der Waals surface area (Å²) >= 11 is 0. The van der Waals surface area contributed by atoms with E-state index in [0.29, 0.717) is 6.54 Å². The summed E-state index contributed by atoms with van der Waals surface area (Å²) in [5.74, 6) is 0. The van der Waals surface area contributed by atoms with Crippen molar-refractivity contribution in [1.29, 1.82) is 0 Å². The van der Waals surface area contributed by atoms with Gasteiger partial charge >= 0.3 is 6.03 Å². The molecule has 1 saturated heterocycles. The molecule has 1 aromatic carbocycles. The van der Waals surface area contributed by atoms with Crippen LogP contribution < -0.4 is 10.2 Å². The molecule has 5 heteroatoms. The van der Waals surface area contributed by atoms with Gasteiger partial charge in [0.15, 0.2) is 0 Å². The highest BCUT2D eigenvalue weighted by molar-refractivity contribution is 5.74. The van der Waals surface area contributed by atoms with E-state index in [1.807, 2.05) is 25.1 Å². The van der Waals surface area contributed by atoms with Crippen molar-refractivity contribution in [2.24, 2.45) is 0 Å². The number of hydrogen-bond donors (Lipinski definition) is 1. The summed E-state index contributed by atoms with van der Waals surface area (Å²) < 4.78 is 0. The number of rotatable bonds is 4. The molecule has 1 aliphatic heterocycles. The molecule has 1 aromatic rings. The maximum atomic E-state index is 12.0. The van der Waals surface area contributed by atoms with E-state index in [1.165, 1.54) is 5.69 Å². The second kappa shape index (κ2) is 7.14. The Labute approximate surface area is 121 Å². The van der Waals surface area contributed by atoms with Gasteiger partial charge in [0.05, 0.1) is 0 Å². The van der Waals surface area contributed by atoms with Gasteiger partial charge in [-0.2, -0.15) is 0 Å². The smallest absolute Gasteiger partial charge is 0.317 e. The number of carbonyl (C=O) groups excluding carboxylic acids is 1. The minimum atomic E-state index is 0.0551. The van der Waals surface area contributed by atoms with Crippen LogP contribution in [-0.4, -0.2) is 69.2 Å². The van der Waals surface area contributed by atoms with Crippen LogP contribution in [0.15, 0.2) is 30.3 Å². The topological polar surface area (TPSA) is 38.8 Å². The molecule has 0 spiro atoms. The SMILES string of the molecule is CN(C)CCNC(=O)N1CCN(c2ccccc2)CC1. The van der Waals surface area contributed by atoms with Crippen LogP contribution in [0.3, 0.4) is 0 Å². The van der Waals surface area contributed by atoms with Crippen LogP contribution in [0.1, 0.15) is 0 Å². The number of urea groups is 1. The number of para-hydroxylation sites is 1. The Balaban J connectivity index is 1.75. The van der Waals surface area contributed by atoms with Crippen LogP contribution in [0, 0.1) is 0 Å². The number of carbonyl (C=O) groups is 1. The highest BCUT2D eigenvalue weighted by Crippen LogP contribution is 2.15. The Morgan fingerprint density at radius 2 is 1.80 bits per heavy atom. The van der Waals surface area contributed by atoms with Crippen molar-refractivity contribution in [3.63, 3.8) is 0 Å². The van der Waals surface area contributed by atoms with Gasteiger partial charge in [-0.15, -0.1) is 0 Å². The molecule has 0 unspecified atom stereocenters. The first-order valence-corrected chi connectivity index (χ1v) is 7.14. The molecule has 2 amide bonds. The summed E-state index contributed by atoms with van der Waals surface area (Å²) in [6, 6.07) is 10.4. The number of nitrogens with one attached hydrogen (secondary N) is 1. The van der Waals surface area contributed by atoms with E-state index in [9.17, 15) is 4.79 Å². The van der Waals surface area contributed by atoms with Crippen molar-refractivity contribution in [3.05, 3.63) is 30.3 Å². The highest BCUT2D eigenvalue weighted by Gasteiger charge is 2.20. The second-order valence-electron chi connectivity index (χ2n) is 5.34. The third-order valence-corrected chi connectivity index (χ3v) is 3.52. The zero-order chi connectivity index (χ0) is 14.4. The van der Waals surface area contributed by atoms with E-state index in [0.717, 1.165) is 32.7 Å². The van der Waals surface area contributed by atoms with Gasteiger partial charge in [0, 0.05) is 45.0 Å². The number of nitrogens with zero attached hydrogens (tertiary/aromatic N) is 3. The maximum absolute atomic E-state index is 12.0. The molecule has 1 fully saturated rings. The van der Waals surface area contributed by atoms with Gasteiger partial charge in [0.25, 0.3) is 0 Å². The van der Waals surface area contributed by atoms with E-state index in [1.54, 1.807) is 0 Å². The molecule has 1 aliphatic rings. The summed E-state index contributed by atoms with van der Waals surface area (Å²) in [6.45, 7) is 4.92. The Morgan fingerprint density at radius 1 is 1.15 bits per heavy atom. The first-order valence-electron chi connectivity index (χ1n) is 7.14. The molecule has 20 heavy (non-hydrogen) atoms. The first kappa shape index (κ1) is 14.7. The van der Waals surface area contributed by atoms with Crippen molar-refractivity contribution in [2.75, 3.05) is 58.3 Å². The molecular weight excluding hydrogens is 252 g/mol. The lowest BCUT2D eigenvalue weighted by atomic mass is 10.2. The summed E-state index contributed by atoms with van der Waals surface area (Å²) in [4.78, 5) is 18.3. The molecule has 2 rings (SSSR count). The number of hydrogen-bond acceptors (Lipinski definition) is 3. The minimum absolute atomic E-state index is 0.0551. The van der Waals surface area contributed by atoms with E-state index < -0.39 is 0 Å². The molecule has 5 nitrogen and oxygen atoms in total. The van der Waals surface area contributed by atoms with Crippen LogP contribution in [0.4, 0.5) is 10.5 Å². The average molecular weight is 276 g/mol. The van der Waals surface area contributed by atoms with Crippen molar-refractivity contribution in [1.82, 2.24) is 15.1 Å². The number of piperazine rings is 1. The third-order valence-electron chi connectivity index (χ3n) is 3.52. The molecule has 0 bridgehead atoms. The lowest BCUT2D eigenvalue weighted by Gasteiger charge is -2.36. The second-order valence-corrected chi connectivity index (χ2v) is 5.34. The quantitative estimate of drug-likeness (QED) is 0.894. The molecule has 0 atom stereocenters. The fourth-order valence-corrected chi connectivity index (χ4v) is 2.30. The third kappa shape index (κ3) is 4.13. The lowest BCUT2D eigenvalue weighted by molar-refractivity contribution is 0.193. The van der Waals surface area contributed by atoms with Crippen LogP contribution in [0.25, 0.3) is 0 Å². The predicted molar refractivity (Wildman–Crippen MR) is 82.2 cm³/mol. The summed E-state index contributed by atoms with van der Waals surface area (Å²) in [6.07, 6.45) is 0. The van der Waals surface area contributed by atoms with Crippen molar-refractivity contribution >= 4 is 11.7 Å². The van der Waals surface area contributed by atoms with E-state index >= 15 is 0 Å². The lowest BCUT2D eigenvalue weighted by Crippen LogP contribution is -2.52. The van der Waals surface area contributed by atoms with Crippen molar-refractivity contribution in [3.8, 4) is 0 Å². The summed E-state index contributed by atoms with van der Waals surface area (Å²) in [5.41, 5.74) is 1.24. The van der Waals surface area contributed by atoms with Crippen LogP contribution in [0.5, 0.6) is 0 Å². The van der Waals surface area contributed by atoms with Gasteiger partial charge < -0.3 is 20.0 Å². The molecular formula is C15H24N4O. The van der Waals surface area contributed by atoms with E-state index in [4.69, 9.17) is 0 Å². The predicted octanol–water partition coefficient (Wildman–Crippen LogP) is 1.08. The van der Waals surface area contributed by atoms with Crippen molar-refractivity contribution < 1.29 is 4.79 Å². The zero-order valence-electron chi connectivity index (χ0n) is 12.4. The van der Waals surface area contributed by atoms with Gasteiger partial charge in [-0.3, -0.25) is 0 Å². The molecule has 1 N–H and O–H groups in total. The normalized spacial score (nSPS) is 15.6. The van der Waals surface area contributed by atoms with E-state index in [-0.39, 0.29) is 6.03 Å². The van der Waals surface area contributed by atoms with Crippen LogP contribution >= 0.6 is 0 Å². The summed E-state index contributed by atoms with van der Waals surface area (Å²) in [5, 5.41) is 2.97. The van der Waals surface area contributed by atoms with Gasteiger partial charge in [-0.25, -0.2) is 4.79 Å². The fourth-order valence-electron chi connectivity index (χ4n) is 2.30. The first-order chi connectivity index (χ1) is 9.66. The highest BCUT2D eigenvalue weighted by atomic mass is 16.2. The zero-order valence-corrected chi connectivity index (χ0v) is 12.4. The van der Waals surface area contributed by atoms with Gasteiger partial charge in [-0.1, -0.05) is 18.2 Å². The van der Waals surface area contributed by atoms with E-state index in [2.05, 4.69) is 39.4 Å². The standard InChI is InChI=1S/C15H24N4O/c1-17(2)9-8-16-15(20)19-12-10-18(11-13-19)14-6-4-3-5-7-14/h3-7H,8-13H2,1-2H3,(H,16,20). The Bertz CT molecular complexity index is 413. The molecule has 0 aliphatic carbocycles. The Kier molecular flexibility index (Phi) is 5.24.